The number of rotatable bonds is 5. The number of amides is 1. The number of nitriles is 1. The van der Waals surface area contributed by atoms with Crippen LogP contribution >= 0.6 is 0 Å². The Labute approximate surface area is 141 Å². The number of carbonyl (C=O) groups excluding carboxylic acids is 1. The number of hydrogen-bond acceptors (Lipinski definition) is 4. The topological polar surface area (TPSA) is 50.6 Å². The molecule has 2 atom stereocenters. The molecule has 2 saturated heterocycles. The lowest BCUT2D eigenvalue weighted by molar-refractivity contribution is -0.140. The standard InChI is InChI=1S/C18H32N4O/c1-14(2)11-20-9-10-22(17(13-20)5-7-19)18(23)16-6-8-21(12-16)15(3)4/h14-17H,5-6,8-13H2,1-4H3/t16-,17+/m1/s1. The quantitative estimate of drug-likeness (QED) is 0.775. The van der Waals surface area contributed by atoms with Crippen molar-refractivity contribution < 1.29 is 4.79 Å². The van der Waals surface area contributed by atoms with Crippen molar-refractivity contribution in [1.82, 2.24) is 14.7 Å². The van der Waals surface area contributed by atoms with Crippen molar-refractivity contribution in [3.63, 3.8) is 0 Å². The van der Waals surface area contributed by atoms with Crippen molar-refractivity contribution in [2.75, 3.05) is 39.3 Å². The van der Waals surface area contributed by atoms with Gasteiger partial charge in [0.15, 0.2) is 0 Å². The van der Waals surface area contributed by atoms with Gasteiger partial charge in [0.05, 0.1) is 24.4 Å². The SMILES string of the molecule is CC(C)CN1CCN(C(=O)[C@@H]2CCN(C(C)C)C2)[C@@H](CC#N)C1. The molecule has 2 rings (SSSR count). The fourth-order valence-corrected chi connectivity index (χ4v) is 3.86. The summed E-state index contributed by atoms with van der Waals surface area (Å²) in [7, 11) is 0. The van der Waals surface area contributed by atoms with Crippen LogP contribution in [0.3, 0.4) is 0 Å². The van der Waals surface area contributed by atoms with Crippen molar-refractivity contribution in [2.24, 2.45) is 11.8 Å². The maximum absolute atomic E-state index is 13.0. The van der Waals surface area contributed by atoms with Gasteiger partial charge in [-0.25, -0.2) is 0 Å². The first-order valence-electron chi connectivity index (χ1n) is 9.06. The summed E-state index contributed by atoms with van der Waals surface area (Å²) in [6.45, 7) is 14.3. The van der Waals surface area contributed by atoms with E-state index in [0.29, 0.717) is 18.4 Å². The van der Waals surface area contributed by atoms with Gasteiger partial charge in [0.1, 0.15) is 0 Å². The van der Waals surface area contributed by atoms with Crippen LogP contribution in [-0.2, 0) is 4.79 Å². The number of likely N-dealkylation sites (tertiary alicyclic amines) is 1. The fraction of sp³-hybridized carbons (Fsp3) is 0.889. The van der Waals surface area contributed by atoms with Crippen molar-refractivity contribution in [3.05, 3.63) is 0 Å². The first-order valence-corrected chi connectivity index (χ1v) is 9.06. The van der Waals surface area contributed by atoms with Gasteiger partial charge < -0.3 is 9.80 Å². The van der Waals surface area contributed by atoms with E-state index in [1.54, 1.807) is 0 Å². The normalized spacial score (nSPS) is 26.9. The van der Waals surface area contributed by atoms with E-state index in [1.807, 2.05) is 4.90 Å². The summed E-state index contributed by atoms with van der Waals surface area (Å²) >= 11 is 0. The fourth-order valence-electron chi connectivity index (χ4n) is 3.86. The zero-order valence-corrected chi connectivity index (χ0v) is 15.2. The lowest BCUT2D eigenvalue weighted by atomic mass is 10.0. The summed E-state index contributed by atoms with van der Waals surface area (Å²) in [5, 5.41) is 9.15. The van der Waals surface area contributed by atoms with Gasteiger partial charge in [0, 0.05) is 38.8 Å². The molecule has 130 valence electrons. The van der Waals surface area contributed by atoms with Crippen LogP contribution in [0.4, 0.5) is 0 Å². The highest BCUT2D eigenvalue weighted by Gasteiger charge is 2.37. The van der Waals surface area contributed by atoms with Crippen LogP contribution < -0.4 is 0 Å². The molecule has 2 aliphatic heterocycles. The van der Waals surface area contributed by atoms with Gasteiger partial charge in [0.25, 0.3) is 0 Å². The van der Waals surface area contributed by atoms with E-state index in [1.165, 1.54) is 0 Å². The molecule has 2 fully saturated rings. The summed E-state index contributed by atoms with van der Waals surface area (Å²) in [4.78, 5) is 19.8. The maximum atomic E-state index is 13.0. The zero-order chi connectivity index (χ0) is 17.0. The molecular weight excluding hydrogens is 288 g/mol. The van der Waals surface area contributed by atoms with Crippen molar-refractivity contribution in [3.8, 4) is 6.07 Å². The largest absolute Gasteiger partial charge is 0.336 e. The Morgan fingerprint density at radius 2 is 1.91 bits per heavy atom. The summed E-state index contributed by atoms with van der Waals surface area (Å²) < 4.78 is 0. The lowest BCUT2D eigenvalue weighted by Crippen LogP contribution is -2.57. The van der Waals surface area contributed by atoms with Crippen molar-refractivity contribution in [2.45, 2.75) is 52.6 Å². The predicted molar refractivity (Wildman–Crippen MR) is 91.8 cm³/mol. The van der Waals surface area contributed by atoms with E-state index in [-0.39, 0.29) is 17.9 Å². The van der Waals surface area contributed by atoms with Gasteiger partial charge in [-0.1, -0.05) is 13.8 Å². The average molecular weight is 320 g/mol. The molecule has 0 aromatic rings. The number of hydrogen-bond donors (Lipinski definition) is 0. The molecular formula is C18H32N4O. The van der Waals surface area contributed by atoms with Crippen LogP contribution in [0.25, 0.3) is 0 Å². The van der Waals surface area contributed by atoms with Crippen molar-refractivity contribution in [1.29, 1.82) is 5.26 Å². The van der Waals surface area contributed by atoms with Gasteiger partial charge in [-0.2, -0.15) is 5.26 Å². The molecule has 0 radical (unpaired) electrons. The second kappa shape index (κ2) is 8.12. The zero-order valence-electron chi connectivity index (χ0n) is 15.2. The van der Waals surface area contributed by atoms with Crippen LogP contribution in [0.2, 0.25) is 0 Å². The Hall–Kier alpha value is -1.12. The van der Waals surface area contributed by atoms with E-state index in [9.17, 15) is 4.79 Å². The molecule has 23 heavy (non-hydrogen) atoms. The van der Waals surface area contributed by atoms with Crippen LogP contribution in [0.5, 0.6) is 0 Å². The molecule has 0 N–H and O–H groups in total. The van der Waals surface area contributed by atoms with E-state index in [2.05, 4.69) is 43.6 Å². The molecule has 0 aromatic carbocycles. The van der Waals surface area contributed by atoms with E-state index >= 15 is 0 Å². The number of piperazine rings is 1. The van der Waals surface area contributed by atoms with Crippen LogP contribution in [-0.4, -0.2) is 72.0 Å². The summed E-state index contributed by atoms with van der Waals surface area (Å²) in [5.74, 6) is 1.02. The summed E-state index contributed by atoms with van der Waals surface area (Å²) in [6, 6.07) is 2.85. The van der Waals surface area contributed by atoms with E-state index < -0.39 is 0 Å². The summed E-state index contributed by atoms with van der Waals surface area (Å²) in [5.41, 5.74) is 0. The minimum Gasteiger partial charge on any atom is -0.336 e. The molecule has 0 aromatic heterocycles. The predicted octanol–water partition coefficient (Wildman–Crippen LogP) is 1.80. The minimum absolute atomic E-state index is 0.0631. The van der Waals surface area contributed by atoms with Crippen LogP contribution in [0.15, 0.2) is 0 Å². The molecule has 5 nitrogen and oxygen atoms in total. The third-order valence-electron chi connectivity index (χ3n) is 5.10. The Morgan fingerprint density at radius 1 is 1.17 bits per heavy atom. The molecule has 0 aliphatic carbocycles. The highest BCUT2D eigenvalue weighted by Crippen LogP contribution is 2.24. The van der Waals surface area contributed by atoms with Gasteiger partial charge in [0.2, 0.25) is 5.91 Å². The van der Waals surface area contributed by atoms with E-state index in [0.717, 1.165) is 45.7 Å². The highest BCUT2D eigenvalue weighted by molar-refractivity contribution is 5.80. The Bertz CT molecular complexity index is 443. The Balaban J connectivity index is 1.97. The third-order valence-corrected chi connectivity index (χ3v) is 5.10. The van der Waals surface area contributed by atoms with Crippen LogP contribution in [0, 0.1) is 23.2 Å². The Morgan fingerprint density at radius 3 is 2.48 bits per heavy atom. The molecule has 0 saturated carbocycles. The summed E-state index contributed by atoms with van der Waals surface area (Å²) in [6.07, 6.45) is 1.41. The average Bonchev–Trinajstić information content (AvgIpc) is 2.96. The maximum Gasteiger partial charge on any atom is 0.227 e. The minimum atomic E-state index is 0.0631. The van der Waals surface area contributed by atoms with Gasteiger partial charge in [-0.05, 0) is 32.7 Å². The monoisotopic (exact) mass is 320 g/mol. The van der Waals surface area contributed by atoms with Gasteiger partial charge in [-0.3, -0.25) is 9.69 Å². The molecule has 2 heterocycles. The molecule has 1 amide bonds. The molecule has 0 spiro atoms. The van der Waals surface area contributed by atoms with Crippen molar-refractivity contribution >= 4 is 5.91 Å². The number of carbonyl (C=O) groups is 1. The smallest absolute Gasteiger partial charge is 0.227 e. The Kier molecular flexibility index (Phi) is 6.43. The van der Waals surface area contributed by atoms with Gasteiger partial charge in [-0.15, -0.1) is 0 Å². The first-order chi connectivity index (χ1) is 10.9. The molecule has 0 bridgehead atoms. The van der Waals surface area contributed by atoms with Crippen LogP contribution in [0.1, 0.15) is 40.5 Å². The molecule has 5 heteroatoms. The van der Waals surface area contributed by atoms with Gasteiger partial charge >= 0.3 is 0 Å². The molecule has 2 aliphatic rings. The molecule has 0 unspecified atom stereocenters. The third kappa shape index (κ3) is 4.68. The van der Waals surface area contributed by atoms with E-state index in [4.69, 9.17) is 5.26 Å². The second-order valence-electron chi connectivity index (χ2n) is 7.78. The second-order valence-corrected chi connectivity index (χ2v) is 7.78. The number of nitrogens with zero attached hydrogens (tertiary/aromatic N) is 4. The first kappa shape index (κ1) is 18.2. The highest BCUT2D eigenvalue weighted by atomic mass is 16.2. The lowest BCUT2D eigenvalue weighted by Gasteiger charge is -2.42.